The molecule has 4 nitrogen and oxygen atoms in total. The fourth-order valence-electron chi connectivity index (χ4n) is 1.85. The van der Waals surface area contributed by atoms with Crippen LogP contribution in [-0.2, 0) is 9.53 Å². The molecule has 104 valence electrons. The molecule has 1 aromatic rings. The Morgan fingerprint density at radius 1 is 1.47 bits per heavy atom. The normalized spacial score (nSPS) is 10.1. The summed E-state index contributed by atoms with van der Waals surface area (Å²) in [6, 6.07) is 5.97. The number of ether oxygens (including phenoxy) is 1. The van der Waals surface area contributed by atoms with E-state index in [0.717, 1.165) is 29.8 Å². The Hall–Kier alpha value is -1.62. The molecule has 0 aromatic heterocycles. The van der Waals surface area contributed by atoms with Gasteiger partial charge < -0.3 is 15.4 Å². The molecule has 0 aliphatic heterocycles. The number of nitrogens with zero attached hydrogens (tertiary/aromatic N) is 1. The molecule has 0 amide bonds. The summed E-state index contributed by atoms with van der Waals surface area (Å²) in [5.41, 5.74) is 8.74. The van der Waals surface area contributed by atoms with Gasteiger partial charge in [0, 0.05) is 31.3 Å². The highest BCUT2D eigenvalue weighted by Crippen LogP contribution is 2.21. The Bertz CT molecular complexity index is 475. The van der Waals surface area contributed by atoms with Crippen molar-refractivity contribution in [1.82, 2.24) is 0 Å². The Morgan fingerprint density at radius 2 is 2.16 bits per heavy atom. The second kappa shape index (κ2) is 7.09. The van der Waals surface area contributed by atoms with Gasteiger partial charge in [0.05, 0.1) is 7.11 Å². The lowest BCUT2D eigenvalue weighted by molar-refractivity contribution is -0.140. The predicted molar refractivity (Wildman–Crippen MR) is 81.6 cm³/mol. The molecular formula is C14H20N2O2S. The Balaban J connectivity index is 2.75. The molecule has 5 heteroatoms. The average Bonchev–Trinajstić information content (AvgIpc) is 2.37. The first-order valence-electron chi connectivity index (χ1n) is 6.14. The molecule has 1 rings (SSSR count). The van der Waals surface area contributed by atoms with E-state index in [1.807, 2.05) is 32.2 Å². The summed E-state index contributed by atoms with van der Waals surface area (Å²) in [4.78, 5) is 13.5. The second-order valence-electron chi connectivity index (χ2n) is 4.49. The number of hydrogen-bond donors (Lipinski definition) is 1. The SMILES string of the molecule is COC(=O)CCCN(C)c1cc(C)ccc1C(N)=S. The smallest absolute Gasteiger partial charge is 0.305 e. The van der Waals surface area contributed by atoms with Crippen molar-refractivity contribution in [3.63, 3.8) is 0 Å². The van der Waals surface area contributed by atoms with Crippen LogP contribution >= 0.6 is 12.2 Å². The molecule has 0 aliphatic rings. The molecular weight excluding hydrogens is 260 g/mol. The minimum atomic E-state index is -0.188. The topological polar surface area (TPSA) is 55.6 Å². The van der Waals surface area contributed by atoms with Crippen molar-refractivity contribution >= 4 is 28.9 Å². The van der Waals surface area contributed by atoms with Gasteiger partial charge in [0.15, 0.2) is 0 Å². The largest absolute Gasteiger partial charge is 0.469 e. The predicted octanol–water partition coefficient (Wildman–Crippen LogP) is 2.02. The first-order chi connectivity index (χ1) is 8.95. The van der Waals surface area contributed by atoms with Crippen LogP contribution in [0.5, 0.6) is 0 Å². The van der Waals surface area contributed by atoms with Crippen LogP contribution in [0.1, 0.15) is 24.0 Å². The van der Waals surface area contributed by atoms with Gasteiger partial charge in [-0.2, -0.15) is 0 Å². The number of thiocarbonyl (C=S) groups is 1. The Labute approximate surface area is 119 Å². The van der Waals surface area contributed by atoms with E-state index >= 15 is 0 Å². The molecule has 2 N–H and O–H groups in total. The van der Waals surface area contributed by atoms with Crippen LogP contribution in [0.2, 0.25) is 0 Å². The highest BCUT2D eigenvalue weighted by Gasteiger charge is 2.10. The first kappa shape index (κ1) is 15.4. The maximum absolute atomic E-state index is 11.1. The lowest BCUT2D eigenvalue weighted by Crippen LogP contribution is -2.23. The van der Waals surface area contributed by atoms with Gasteiger partial charge in [0.25, 0.3) is 0 Å². The van der Waals surface area contributed by atoms with Crippen LogP contribution in [0.15, 0.2) is 18.2 Å². The molecule has 0 unspecified atom stereocenters. The number of nitrogens with two attached hydrogens (primary N) is 1. The molecule has 0 fully saturated rings. The summed E-state index contributed by atoms with van der Waals surface area (Å²) in [5, 5.41) is 0. The molecule has 0 bridgehead atoms. The van der Waals surface area contributed by atoms with Crippen molar-refractivity contribution in [3.05, 3.63) is 29.3 Å². The molecule has 1 aromatic carbocycles. The van der Waals surface area contributed by atoms with Gasteiger partial charge in [0.1, 0.15) is 4.99 Å². The quantitative estimate of drug-likeness (QED) is 0.638. The second-order valence-corrected chi connectivity index (χ2v) is 4.93. The molecule has 0 saturated heterocycles. The molecule has 0 saturated carbocycles. The van der Waals surface area contributed by atoms with Crippen molar-refractivity contribution in [2.45, 2.75) is 19.8 Å². The number of carbonyl (C=O) groups is 1. The highest BCUT2D eigenvalue weighted by molar-refractivity contribution is 7.80. The average molecular weight is 280 g/mol. The first-order valence-corrected chi connectivity index (χ1v) is 6.55. The molecule has 0 spiro atoms. The van der Waals surface area contributed by atoms with Crippen LogP contribution in [0, 0.1) is 6.92 Å². The van der Waals surface area contributed by atoms with Gasteiger partial charge in [-0.1, -0.05) is 18.3 Å². The van der Waals surface area contributed by atoms with Crippen molar-refractivity contribution in [2.24, 2.45) is 5.73 Å². The van der Waals surface area contributed by atoms with E-state index in [1.165, 1.54) is 7.11 Å². The third-order valence-corrected chi connectivity index (χ3v) is 3.15. The summed E-state index contributed by atoms with van der Waals surface area (Å²) in [6.45, 7) is 2.77. The van der Waals surface area contributed by atoms with E-state index in [4.69, 9.17) is 18.0 Å². The van der Waals surface area contributed by atoms with Crippen LogP contribution in [0.25, 0.3) is 0 Å². The van der Waals surface area contributed by atoms with Crippen molar-refractivity contribution in [3.8, 4) is 0 Å². The van der Waals surface area contributed by atoms with Gasteiger partial charge in [0.2, 0.25) is 0 Å². The highest BCUT2D eigenvalue weighted by atomic mass is 32.1. The zero-order valence-corrected chi connectivity index (χ0v) is 12.4. The summed E-state index contributed by atoms with van der Waals surface area (Å²) in [5.74, 6) is -0.188. The minimum absolute atomic E-state index is 0.188. The van der Waals surface area contributed by atoms with E-state index in [0.29, 0.717) is 11.4 Å². The molecule has 0 atom stereocenters. The number of carbonyl (C=O) groups excluding carboxylic acids is 1. The zero-order chi connectivity index (χ0) is 14.4. The van der Waals surface area contributed by atoms with Crippen molar-refractivity contribution in [2.75, 3.05) is 25.6 Å². The zero-order valence-electron chi connectivity index (χ0n) is 11.6. The fraction of sp³-hybridized carbons (Fsp3) is 0.429. The van der Waals surface area contributed by atoms with Gasteiger partial charge in [-0.15, -0.1) is 0 Å². The molecule has 0 aliphatic carbocycles. The van der Waals surface area contributed by atoms with Gasteiger partial charge in [-0.25, -0.2) is 0 Å². The van der Waals surface area contributed by atoms with E-state index < -0.39 is 0 Å². The standard InChI is InChI=1S/C14H20N2O2S/c1-10-6-7-11(14(15)19)12(9-10)16(2)8-4-5-13(17)18-3/h6-7,9H,4-5,8H2,1-3H3,(H2,15,19). The summed E-state index contributed by atoms with van der Waals surface area (Å²) in [7, 11) is 3.37. The number of hydrogen-bond acceptors (Lipinski definition) is 4. The van der Waals surface area contributed by atoms with E-state index in [9.17, 15) is 4.79 Å². The Morgan fingerprint density at radius 3 is 2.74 bits per heavy atom. The summed E-state index contributed by atoms with van der Waals surface area (Å²) >= 11 is 5.06. The monoisotopic (exact) mass is 280 g/mol. The number of esters is 1. The van der Waals surface area contributed by atoms with Crippen molar-refractivity contribution in [1.29, 1.82) is 0 Å². The van der Waals surface area contributed by atoms with Crippen LogP contribution in [0.3, 0.4) is 0 Å². The van der Waals surface area contributed by atoms with E-state index in [1.54, 1.807) is 0 Å². The number of benzene rings is 1. The minimum Gasteiger partial charge on any atom is -0.469 e. The van der Waals surface area contributed by atoms with Crippen molar-refractivity contribution < 1.29 is 9.53 Å². The number of methoxy groups -OCH3 is 1. The van der Waals surface area contributed by atoms with E-state index in [-0.39, 0.29) is 5.97 Å². The number of rotatable bonds is 6. The number of anilines is 1. The fourth-order valence-corrected chi connectivity index (χ4v) is 2.02. The summed E-state index contributed by atoms with van der Waals surface area (Å²) in [6.07, 6.45) is 1.14. The Kier molecular flexibility index (Phi) is 5.76. The third kappa shape index (κ3) is 4.52. The molecule has 0 heterocycles. The summed E-state index contributed by atoms with van der Waals surface area (Å²) < 4.78 is 4.62. The molecule has 0 radical (unpaired) electrons. The van der Waals surface area contributed by atoms with Gasteiger partial charge >= 0.3 is 5.97 Å². The maximum atomic E-state index is 11.1. The molecule has 19 heavy (non-hydrogen) atoms. The maximum Gasteiger partial charge on any atom is 0.305 e. The van der Waals surface area contributed by atoms with Crippen LogP contribution in [0.4, 0.5) is 5.69 Å². The number of aryl methyl sites for hydroxylation is 1. The third-order valence-electron chi connectivity index (χ3n) is 2.93. The van der Waals surface area contributed by atoms with Gasteiger partial charge in [-0.05, 0) is 31.0 Å². The van der Waals surface area contributed by atoms with Crippen LogP contribution < -0.4 is 10.6 Å². The van der Waals surface area contributed by atoms with Crippen LogP contribution in [-0.4, -0.2) is 31.7 Å². The van der Waals surface area contributed by atoms with E-state index in [2.05, 4.69) is 9.64 Å². The lowest BCUT2D eigenvalue weighted by Gasteiger charge is -2.22. The van der Waals surface area contributed by atoms with Gasteiger partial charge in [-0.3, -0.25) is 4.79 Å². The lowest BCUT2D eigenvalue weighted by atomic mass is 10.1.